The van der Waals surface area contributed by atoms with Crippen molar-refractivity contribution < 1.29 is 19.5 Å². The molecular formula is C16H22N4O4. The van der Waals surface area contributed by atoms with Gasteiger partial charge in [-0.3, -0.25) is 9.59 Å². The van der Waals surface area contributed by atoms with Crippen LogP contribution in [0.1, 0.15) is 32.1 Å². The van der Waals surface area contributed by atoms with Crippen LogP contribution in [0.2, 0.25) is 0 Å². The van der Waals surface area contributed by atoms with Crippen molar-refractivity contribution in [3.63, 3.8) is 0 Å². The third-order valence-corrected chi connectivity index (χ3v) is 5.47. The number of nitrogens with zero attached hydrogens (tertiary/aromatic N) is 1. The molecule has 8 heteroatoms. The smallest absolute Gasteiger partial charge is 0.405 e. The van der Waals surface area contributed by atoms with Crippen LogP contribution < -0.4 is 16.0 Å². The molecule has 5 atom stereocenters. The Bertz CT molecular complexity index is 577. The number of carbonyl (C=O) groups is 3. The van der Waals surface area contributed by atoms with Crippen LogP contribution in [0.4, 0.5) is 4.79 Å². The highest BCUT2D eigenvalue weighted by molar-refractivity contribution is 5.86. The zero-order valence-corrected chi connectivity index (χ0v) is 13.3. The quantitative estimate of drug-likeness (QED) is 0.551. The van der Waals surface area contributed by atoms with Crippen molar-refractivity contribution in [3.05, 3.63) is 0 Å². The lowest BCUT2D eigenvalue weighted by atomic mass is 9.93. The van der Waals surface area contributed by atoms with E-state index in [1.165, 1.54) is 6.42 Å². The van der Waals surface area contributed by atoms with Crippen molar-refractivity contribution in [2.24, 2.45) is 23.7 Å². The Morgan fingerprint density at radius 2 is 2.00 bits per heavy atom. The number of amides is 3. The summed E-state index contributed by atoms with van der Waals surface area (Å²) >= 11 is 0. The summed E-state index contributed by atoms with van der Waals surface area (Å²) in [4.78, 5) is 35.2. The summed E-state index contributed by atoms with van der Waals surface area (Å²) in [7, 11) is 0. The van der Waals surface area contributed by atoms with E-state index in [-0.39, 0.29) is 24.2 Å². The number of hydrogen-bond donors (Lipinski definition) is 4. The Hall–Kier alpha value is -2.30. The Morgan fingerprint density at radius 3 is 2.54 bits per heavy atom. The van der Waals surface area contributed by atoms with Crippen LogP contribution in [0.25, 0.3) is 0 Å². The van der Waals surface area contributed by atoms with Crippen LogP contribution in [0.5, 0.6) is 0 Å². The Morgan fingerprint density at radius 1 is 1.29 bits per heavy atom. The normalized spacial score (nSPS) is 32.9. The second-order valence-corrected chi connectivity index (χ2v) is 7.12. The summed E-state index contributed by atoms with van der Waals surface area (Å²) in [5.74, 6) is 0.387. The number of nitrogens with one attached hydrogen (secondary N) is 3. The predicted molar refractivity (Wildman–Crippen MR) is 82.5 cm³/mol. The molecule has 0 aromatic heterocycles. The molecule has 130 valence electrons. The second-order valence-electron chi connectivity index (χ2n) is 7.12. The van der Waals surface area contributed by atoms with Gasteiger partial charge in [-0.2, -0.15) is 5.26 Å². The van der Waals surface area contributed by atoms with Crippen LogP contribution >= 0.6 is 0 Å². The number of carbonyl (C=O) groups excluding carboxylic acids is 2. The molecule has 0 aromatic carbocycles. The molecule has 3 amide bonds. The maximum atomic E-state index is 12.5. The lowest BCUT2D eigenvalue weighted by molar-refractivity contribution is -0.126. The summed E-state index contributed by atoms with van der Waals surface area (Å²) < 4.78 is 0. The largest absolute Gasteiger partial charge is 0.465 e. The zero-order chi connectivity index (χ0) is 17.3. The van der Waals surface area contributed by atoms with E-state index in [1.807, 2.05) is 6.07 Å². The molecule has 2 aliphatic carbocycles. The standard InChI is InChI=1S/C16H22N4O4/c17-7-12(6-8-1-2-18-14(8)21)19-15(22)13(20-16(23)24)11-4-9-3-10(9)5-11/h8-13,20H,1-6H2,(H,18,21)(H,19,22)(H,23,24)/t8-,9?,10?,11?,12-,13?/m0/s1. The van der Waals surface area contributed by atoms with Gasteiger partial charge in [0.25, 0.3) is 0 Å². The van der Waals surface area contributed by atoms with Gasteiger partial charge >= 0.3 is 6.09 Å². The fourth-order valence-electron chi connectivity index (χ4n) is 4.12. The molecule has 24 heavy (non-hydrogen) atoms. The molecule has 2 saturated carbocycles. The van der Waals surface area contributed by atoms with Crippen molar-refractivity contribution in [1.29, 1.82) is 5.26 Å². The van der Waals surface area contributed by atoms with Crippen molar-refractivity contribution in [3.8, 4) is 6.07 Å². The zero-order valence-electron chi connectivity index (χ0n) is 13.3. The van der Waals surface area contributed by atoms with Gasteiger partial charge in [-0.15, -0.1) is 0 Å². The average molecular weight is 334 g/mol. The molecule has 8 nitrogen and oxygen atoms in total. The lowest BCUT2D eigenvalue weighted by Gasteiger charge is -2.25. The molecule has 1 aliphatic heterocycles. The molecule has 3 unspecified atom stereocenters. The average Bonchev–Trinajstić information content (AvgIpc) is 2.94. The monoisotopic (exact) mass is 334 g/mol. The van der Waals surface area contributed by atoms with Gasteiger partial charge in [0, 0.05) is 12.5 Å². The Balaban J connectivity index is 1.59. The Kier molecular flexibility index (Phi) is 4.60. The van der Waals surface area contributed by atoms with Gasteiger partial charge in [0.15, 0.2) is 0 Å². The summed E-state index contributed by atoms with van der Waals surface area (Å²) in [5.41, 5.74) is 0. The van der Waals surface area contributed by atoms with Gasteiger partial charge in [0.2, 0.25) is 11.8 Å². The molecule has 3 aliphatic rings. The van der Waals surface area contributed by atoms with Crippen LogP contribution in [0.3, 0.4) is 0 Å². The highest BCUT2D eigenvalue weighted by atomic mass is 16.4. The van der Waals surface area contributed by atoms with Crippen molar-refractivity contribution in [2.75, 3.05) is 6.54 Å². The highest BCUT2D eigenvalue weighted by Gasteiger charge is 2.49. The number of fused-ring (bicyclic) bond motifs is 1. The van der Waals surface area contributed by atoms with E-state index in [0.29, 0.717) is 24.8 Å². The first-order valence-electron chi connectivity index (χ1n) is 8.45. The van der Waals surface area contributed by atoms with Crippen LogP contribution in [0.15, 0.2) is 0 Å². The fourth-order valence-corrected chi connectivity index (χ4v) is 4.12. The molecule has 1 saturated heterocycles. The summed E-state index contributed by atoms with van der Waals surface area (Å²) in [6.07, 6.45) is 2.55. The van der Waals surface area contributed by atoms with Gasteiger partial charge in [-0.1, -0.05) is 0 Å². The number of rotatable bonds is 6. The third kappa shape index (κ3) is 3.61. The molecule has 3 fully saturated rings. The van der Waals surface area contributed by atoms with E-state index in [9.17, 15) is 19.6 Å². The lowest BCUT2D eigenvalue weighted by Crippen LogP contribution is -2.52. The van der Waals surface area contributed by atoms with Gasteiger partial charge in [-0.05, 0) is 49.9 Å². The molecule has 4 N–H and O–H groups in total. The number of hydrogen-bond acceptors (Lipinski definition) is 4. The minimum absolute atomic E-state index is 0.0148. The predicted octanol–water partition coefficient (Wildman–Crippen LogP) is 0.203. The fraction of sp³-hybridized carbons (Fsp3) is 0.750. The molecule has 1 heterocycles. The summed E-state index contributed by atoms with van der Waals surface area (Å²) in [6, 6.07) is 0.388. The van der Waals surface area contributed by atoms with Gasteiger partial charge in [0.1, 0.15) is 12.1 Å². The van der Waals surface area contributed by atoms with E-state index in [4.69, 9.17) is 5.11 Å². The van der Waals surface area contributed by atoms with Gasteiger partial charge in [-0.25, -0.2) is 4.79 Å². The van der Waals surface area contributed by atoms with Crippen LogP contribution in [-0.4, -0.2) is 41.6 Å². The van der Waals surface area contributed by atoms with Crippen molar-refractivity contribution >= 4 is 17.9 Å². The number of carboxylic acid groups (broad SMARTS) is 1. The first-order valence-corrected chi connectivity index (χ1v) is 8.45. The van der Waals surface area contributed by atoms with Crippen molar-refractivity contribution in [2.45, 2.75) is 44.2 Å². The Labute approximate surface area is 140 Å². The molecule has 0 bridgehead atoms. The van der Waals surface area contributed by atoms with Crippen LogP contribution in [0, 0.1) is 35.0 Å². The van der Waals surface area contributed by atoms with E-state index >= 15 is 0 Å². The summed E-state index contributed by atoms with van der Waals surface area (Å²) in [5, 5.41) is 25.9. The van der Waals surface area contributed by atoms with Crippen LogP contribution in [-0.2, 0) is 9.59 Å². The van der Waals surface area contributed by atoms with E-state index < -0.39 is 24.1 Å². The van der Waals surface area contributed by atoms with Crippen molar-refractivity contribution in [1.82, 2.24) is 16.0 Å². The highest BCUT2D eigenvalue weighted by Crippen LogP contribution is 2.55. The second kappa shape index (κ2) is 6.67. The van der Waals surface area contributed by atoms with Gasteiger partial charge in [0.05, 0.1) is 6.07 Å². The van der Waals surface area contributed by atoms with Gasteiger partial charge < -0.3 is 21.1 Å². The summed E-state index contributed by atoms with van der Waals surface area (Å²) in [6.45, 7) is 0.587. The first kappa shape index (κ1) is 16.6. The third-order valence-electron chi connectivity index (χ3n) is 5.47. The first-order chi connectivity index (χ1) is 11.5. The molecule has 3 rings (SSSR count). The molecular weight excluding hydrogens is 312 g/mol. The molecule has 0 aromatic rings. The number of nitriles is 1. The van der Waals surface area contributed by atoms with E-state index in [2.05, 4.69) is 16.0 Å². The SMILES string of the molecule is N#C[C@H](C[C@@H]1CCNC1=O)NC(=O)C(NC(=O)O)C1CC2CC2C1. The maximum Gasteiger partial charge on any atom is 0.405 e. The van der Waals surface area contributed by atoms with E-state index in [0.717, 1.165) is 12.8 Å². The topological polar surface area (TPSA) is 131 Å². The minimum atomic E-state index is -1.24. The minimum Gasteiger partial charge on any atom is -0.465 e. The maximum absolute atomic E-state index is 12.5. The van der Waals surface area contributed by atoms with E-state index in [1.54, 1.807) is 0 Å². The molecule has 0 radical (unpaired) electrons. The molecule has 0 spiro atoms.